The van der Waals surface area contributed by atoms with Gasteiger partial charge in [-0.05, 0) is 24.3 Å². The molecule has 0 atom stereocenters. The minimum absolute atomic E-state index is 0.570. The Kier molecular flexibility index (Phi) is 4.26. The molecule has 0 unspecified atom stereocenters. The number of nitrogens with zero attached hydrogens (tertiary/aromatic N) is 2. The van der Waals surface area contributed by atoms with Crippen LogP contribution in [0.2, 0.25) is 10.0 Å². The van der Waals surface area contributed by atoms with Gasteiger partial charge in [-0.25, -0.2) is 4.98 Å². The van der Waals surface area contributed by atoms with E-state index in [0.717, 1.165) is 28.2 Å². The second kappa shape index (κ2) is 6.71. The van der Waals surface area contributed by atoms with E-state index in [1.165, 1.54) is 0 Å². The highest BCUT2D eigenvalue weighted by atomic mass is 35.5. The van der Waals surface area contributed by atoms with Crippen LogP contribution >= 0.6 is 23.2 Å². The van der Waals surface area contributed by atoms with Gasteiger partial charge in [-0.1, -0.05) is 65.7 Å². The Morgan fingerprint density at radius 1 is 0.760 bits per heavy atom. The fourth-order valence-electron chi connectivity index (χ4n) is 2.72. The Morgan fingerprint density at radius 2 is 1.48 bits per heavy atom. The number of aromatic amines is 1. The second-order valence-corrected chi connectivity index (χ2v) is 6.30. The fourth-order valence-corrected chi connectivity index (χ4v) is 3.31. The molecule has 25 heavy (non-hydrogen) atoms. The molecule has 2 aromatic heterocycles. The fraction of sp³-hybridized carbons (Fsp3) is 0. The Morgan fingerprint density at radius 3 is 2.16 bits per heavy atom. The Balaban J connectivity index is 1.98. The standard InChI is InChI=1S/C20H13Cl2N3/c21-14-9-6-10-15(22)17(14)19-18(13-7-2-1-3-8-13)24-20(25-19)16-11-4-5-12-23-16/h1-12H,(H,24,25). The molecule has 0 saturated heterocycles. The van der Waals surface area contributed by atoms with Crippen molar-refractivity contribution < 1.29 is 0 Å². The number of pyridine rings is 1. The number of hydrogen-bond donors (Lipinski definition) is 1. The summed E-state index contributed by atoms with van der Waals surface area (Å²) in [4.78, 5) is 12.5. The largest absolute Gasteiger partial charge is 0.336 e. The highest BCUT2D eigenvalue weighted by Gasteiger charge is 2.19. The smallest absolute Gasteiger partial charge is 0.157 e. The molecule has 0 spiro atoms. The first kappa shape index (κ1) is 15.9. The third-order valence-electron chi connectivity index (χ3n) is 3.87. The monoisotopic (exact) mass is 365 g/mol. The first-order chi connectivity index (χ1) is 12.2. The Bertz CT molecular complexity index is 992. The maximum absolute atomic E-state index is 6.43. The summed E-state index contributed by atoms with van der Waals surface area (Å²) in [5.41, 5.74) is 4.04. The summed E-state index contributed by atoms with van der Waals surface area (Å²) < 4.78 is 0. The molecule has 0 radical (unpaired) electrons. The predicted octanol–water partition coefficient (Wildman–Crippen LogP) is 6.11. The number of nitrogens with one attached hydrogen (secondary N) is 1. The third kappa shape index (κ3) is 3.04. The lowest BCUT2D eigenvalue weighted by atomic mass is 10.1. The predicted molar refractivity (Wildman–Crippen MR) is 103 cm³/mol. The van der Waals surface area contributed by atoms with Gasteiger partial charge in [0, 0.05) is 17.3 Å². The lowest BCUT2D eigenvalue weighted by Crippen LogP contribution is -1.86. The molecule has 0 amide bonds. The first-order valence-electron chi connectivity index (χ1n) is 7.75. The zero-order valence-electron chi connectivity index (χ0n) is 13.1. The van der Waals surface area contributed by atoms with Crippen LogP contribution in [0.4, 0.5) is 0 Å². The molecule has 122 valence electrons. The summed E-state index contributed by atoms with van der Waals surface area (Å²) in [6.45, 7) is 0. The maximum Gasteiger partial charge on any atom is 0.157 e. The summed E-state index contributed by atoms with van der Waals surface area (Å²) in [5.74, 6) is 0.672. The van der Waals surface area contributed by atoms with E-state index >= 15 is 0 Å². The van der Waals surface area contributed by atoms with Gasteiger partial charge in [-0.3, -0.25) is 4.98 Å². The second-order valence-electron chi connectivity index (χ2n) is 5.49. The molecule has 2 heterocycles. The molecular formula is C20H13Cl2N3. The van der Waals surface area contributed by atoms with Gasteiger partial charge in [0.2, 0.25) is 0 Å². The molecule has 5 heteroatoms. The molecule has 0 aliphatic heterocycles. The van der Waals surface area contributed by atoms with Gasteiger partial charge in [-0.15, -0.1) is 0 Å². The summed E-state index contributed by atoms with van der Waals surface area (Å²) in [6.07, 6.45) is 1.74. The van der Waals surface area contributed by atoms with Crippen LogP contribution in [0.25, 0.3) is 34.0 Å². The van der Waals surface area contributed by atoms with Crippen LogP contribution in [-0.2, 0) is 0 Å². The van der Waals surface area contributed by atoms with Crippen molar-refractivity contribution in [1.29, 1.82) is 0 Å². The van der Waals surface area contributed by atoms with Gasteiger partial charge in [0.1, 0.15) is 5.69 Å². The summed E-state index contributed by atoms with van der Waals surface area (Å²) >= 11 is 12.9. The number of hydrogen-bond acceptors (Lipinski definition) is 2. The average Bonchev–Trinajstić information content (AvgIpc) is 3.08. The van der Waals surface area contributed by atoms with Crippen molar-refractivity contribution in [3.8, 4) is 34.0 Å². The van der Waals surface area contributed by atoms with Gasteiger partial charge in [0.25, 0.3) is 0 Å². The van der Waals surface area contributed by atoms with Crippen LogP contribution in [-0.4, -0.2) is 15.0 Å². The number of aromatic nitrogens is 3. The summed E-state index contributed by atoms with van der Waals surface area (Å²) in [6, 6.07) is 21.1. The SMILES string of the molecule is Clc1cccc(Cl)c1-c1[nH]c(-c2ccccn2)nc1-c1ccccc1. The Hall–Kier alpha value is -2.62. The number of H-pyrrole nitrogens is 1. The highest BCUT2D eigenvalue weighted by Crippen LogP contribution is 2.39. The maximum atomic E-state index is 6.43. The Labute approximate surface area is 155 Å². The van der Waals surface area contributed by atoms with Crippen molar-refractivity contribution in [2.45, 2.75) is 0 Å². The minimum Gasteiger partial charge on any atom is -0.336 e. The average molecular weight is 366 g/mol. The molecule has 0 aliphatic rings. The molecule has 3 nitrogen and oxygen atoms in total. The molecule has 0 aliphatic carbocycles. The lowest BCUT2D eigenvalue weighted by Gasteiger charge is -2.07. The molecular weight excluding hydrogens is 353 g/mol. The normalized spacial score (nSPS) is 10.8. The van der Waals surface area contributed by atoms with E-state index in [9.17, 15) is 0 Å². The number of imidazole rings is 1. The van der Waals surface area contributed by atoms with Crippen molar-refractivity contribution in [3.63, 3.8) is 0 Å². The molecule has 4 rings (SSSR count). The molecule has 0 bridgehead atoms. The lowest BCUT2D eigenvalue weighted by molar-refractivity contribution is 1.22. The molecule has 2 aromatic carbocycles. The van der Waals surface area contributed by atoms with E-state index in [-0.39, 0.29) is 0 Å². The number of halogens is 2. The summed E-state index contributed by atoms with van der Waals surface area (Å²) in [7, 11) is 0. The topological polar surface area (TPSA) is 41.6 Å². The van der Waals surface area contributed by atoms with E-state index in [0.29, 0.717) is 15.9 Å². The first-order valence-corrected chi connectivity index (χ1v) is 8.51. The van der Waals surface area contributed by atoms with E-state index < -0.39 is 0 Å². The van der Waals surface area contributed by atoms with Crippen molar-refractivity contribution in [3.05, 3.63) is 83.0 Å². The van der Waals surface area contributed by atoms with Gasteiger partial charge < -0.3 is 4.98 Å². The quantitative estimate of drug-likeness (QED) is 0.475. The zero-order chi connectivity index (χ0) is 17.2. The van der Waals surface area contributed by atoms with Gasteiger partial charge in [0.15, 0.2) is 5.82 Å². The van der Waals surface area contributed by atoms with Gasteiger partial charge in [-0.2, -0.15) is 0 Å². The van der Waals surface area contributed by atoms with Crippen LogP contribution in [0.15, 0.2) is 72.9 Å². The number of benzene rings is 2. The molecule has 0 fully saturated rings. The van der Waals surface area contributed by atoms with Crippen LogP contribution in [0, 0.1) is 0 Å². The van der Waals surface area contributed by atoms with E-state index in [4.69, 9.17) is 28.2 Å². The van der Waals surface area contributed by atoms with Crippen LogP contribution in [0.1, 0.15) is 0 Å². The van der Waals surface area contributed by atoms with E-state index in [1.54, 1.807) is 6.20 Å². The van der Waals surface area contributed by atoms with Crippen molar-refractivity contribution >= 4 is 23.2 Å². The molecule has 0 saturated carbocycles. The number of rotatable bonds is 3. The van der Waals surface area contributed by atoms with E-state index in [2.05, 4.69) is 9.97 Å². The molecule has 1 N–H and O–H groups in total. The van der Waals surface area contributed by atoms with Crippen LogP contribution in [0.3, 0.4) is 0 Å². The van der Waals surface area contributed by atoms with Crippen molar-refractivity contribution in [2.75, 3.05) is 0 Å². The van der Waals surface area contributed by atoms with E-state index in [1.807, 2.05) is 66.7 Å². The summed E-state index contributed by atoms with van der Waals surface area (Å²) in [5, 5.41) is 1.14. The van der Waals surface area contributed by atoms with Crippen molar-refractivity contribution in [1.82, 2.24) is 15.0 Å². The minimum atomic E-state index is 0.570. The van der Waals surface area contributed by atoms with Crippen molar-refractivity contribution in [2.24, 2.45) is 0 Å². The highest BCUT2D eigenvalue weighted by molar-refractivity contribution is 6.39. The van der Waals surface area contributed by atoms with Gasteiger partial charge in [0.05, 0.1) is 21.4 Å². The van der Waals surface area contributed by atoms with Gasteiger partial charge >= 0.3 is 0 Å². The van der Waals surface area contributed by atoms with Crippen LogP contribution < -0.4 is 0 Å². The molecule has 4 aromatic rings. The third-order valence-corrected chi connectivity index (χ3v) is 4.50. The zero-order valence-corrected chi connectivity index (χ0v) is 14.6. The van der Waals surface area contributed by atoms with Crippen LogP contribution in [0.5, 0.6) is 0 Å².